The highest BCUT2D eigenvalue weighted by Crippen LogP contribution is 2.35. The molecule has 1 aromatic rings. The molecule has 0 aliphatic carbocycles. The lowest BCUT2D eigenvalue weighted by molar-refractivity contribution is -0.139. The highest BCUT2D eigenvalue weighted by molar-refractivity contribution is 9.10. The number of aliphatic carboxylic acids is 1. The number of imide groups is 1. The second kappa shape index (κ2) is 7.85. The summed E-state index contributed by atoms with van der Waals surface area (Å²) in [7, 11) is 0. The molecule has 8 heteroatoms. The number of hydrogen-bond donors (Lipinski definition) is 1. The van der Waals surface area contributed by atoms with Gasteiger partial charge in [0.25, 0.3) is 11.1 Å². The molecule has 24 heavy (non-hydrogen) atoms. The number of carbonyl (C=O) groups is 3. The Kier molecular flexibility index (Phi) is 6.06. The zero-order valence-corrected chi connectivity index (χ0v) is 15.5. The van der Waals surface area contributed by atoms with Crippen LogP contribution < -0.4 is 4.74 Å². The minimum Gasteiger partial charge on any atom is -0.481 e. The molecule has 1 heterocycles. The lowest BCUT2D eigenvalue weighted by Gasteiger charge is -2.19. The van der Waals surface area contributed by atoms with Crippen molar-refractivity contribution in [2.24, 2.45) is 0 Å². The van der Waals surface area contributed by atoms with E-state index in [1.54, 1.807) is 24.3 Å². The van der Waals surface area contributed by atoms with Gasteiger partial charge in [-0.25, -0.2) is 4.79 Å². The van der Waals surface area contributed by atoms with Gasteiger partial charge >= 0.3 is 5.97 Å². The molecule has 0 radical (unpaired) electrons. The van der Waals surface area contributed by atoms with Gasteiger partial charge in [0.1, 0.15) is 5.75 Å². The second-order valence-electron chi connectivity index (χ2n) is 5.18. The molecular formula is C16H16BrNO5S. The van der Waals surface area contributed by atoms with Crippen LogP contribution in [0.1, 0.15) is 25.8 Å². The molecule has 1 N–H and O–H groups in total. The SMILES string of the molecule is CC[C@H](C)N1C(=O)S/C(=C/c2ccc(OCC(=O)O)c(Br)c2)C1=O. The summed E-state index contributed by atoms with van der Waals surface area (Å²) in [5.41, 5.74) is 0.708. The maximum absolute atomic E-state index is 12.4. The van der Waals surface area contributed by atoms with Gasteiger partial charge < -0.3 is 9.84 Å². The third kappa shape index (κ3) is 4.18. The summed E-state index contributed by atoms with van der Waals surface area (Å²) >= 11 is 4.22. The van der Waals surface area contributed by atoms with Crippen LogP contribution >= 0.6 is 27.7 Å². The standard InChI is InChI=1S/C16H16BrNO5S/c1-3-9(2)18-15(21)13(24-16(18)22)7-10-4-5-12(11(17)6-10)23-8-14(19)20/h4-7,9H,3,8H2,1-2H3,(H,19,20)/b13-7+/t9-/m0/s1. The minimum absolute atomic E-state index is 0.137. The van der Waals surface area contributed by atoms with Gasteiger partial charge in [0.2, 0.25) is 0 Å². The van der Waals surface area contributed by atoms with Crippen molar-refractivity contribution in [2.75, 3.05) is 6.61 Å². The fourth-order valence-electron chi connectivity index (χ4n) is 2.06. The molecule has 0 aromatic heterocycles. The van der Waals surface area contributed by atoms with Crippen molar-refractivity contribution in [2.45, 2.75) is 26.3 Å². The van der Waals surface area contributed by atoms with Gasteiger partial charge in [-0.3, -0.25) is 14.5 Å². The second-order valence-corrected chi connectivity index (χ2v) is 7.03. The fraction of sp³-hybridized carbons (Fsp3) is 0.312. The number of benzene rings is 1. The number of ether oxygens (including phenoxy) is 1. The molecule has 2 rings (SSSR count). The molecule has 1 saturated heterocycles. The number of carboxylic acid groups (broad SMARTS) is 1. The Balaban J connectivity index is 2.20. The van der Waals surface area contributed by atoms with E-state index in [1.165, 1.54) is 4.90 Å². The summed E-state index contributed by atoms with van der Waals surface area (Å²) in [5.74, 6) is -0.964. The lowest BCUT2D eigenvalue weighted by Crippen LogP contribution is -2.36. The first-order valence-corrected chi connectivity index (χ1v) is 8.85. The van der Waals surface area contributed by atoms with Gasteiger partial charge in [-0.15, -0.1) is 0 Å². The summed E-state index contributed by atoms with van der Waals surface area (Å²) in [5, 5.41) is 8.36. The Morgan fingerprint density at radius 1 is 1.46 bits per heavy atom. The van der Waals surface area contributed by atoms with Crippen molar-refractivity contribution < 1.29 is 24.2 Å². The number of rotatable bonds is 6. The maximum Gasteiger partial charge on any atom is 0.341 e. The molecule has 0 saturated carbocycles. The molecule has 0 bridgehead atoms. The zero-order chi connectivity index (χ0) is 17.9. The Bertz CT molecular complexity index is 718. The topological polar surface area (TPSA) is 83.9 Å². The van der Waals surface area contributed by atoms with Crippen LogP contribution in [0.15, 0.2) is 27.6 Å². The number of nitrogens with zero attached hydrogens (tertiary/aromatic N) is 1. The third-order valence-electron chi connectivity index (χ3n) is 3.46. The van der Waals surface area contributed by atoms with Gasteiger partial charge in [0.15, 0.2) is 6.61 Å². The van der Waals surface area contributed by atoms with Gasteiger partial charge in [-0.1, -0.05) is 13.0 Å². The van der Waals surface area contributed by atoms with E-state index < -0.39 is 12.6 Å². The van der Waals surface area contributed by atoms with Crippen LogP contribution in [0.4, 0.5) is 4.79 Å². The number of carboxylic acids is 1. The highest BCUT2D eigenvalue weighted by Gasteiger charge is 2.37. The lowest BCUT2D eigenvalue weighted by atomic mass is 10.2. The van der Waals surface area contributed by atoms with E-state index in [9.17, 15) is 14.4 Å². The van der Waals surface area contributed by atoms with Crippen molar-refractivity contribution in [3.63, 3.8) is 0 Å². The molecule has 1 fully saturated rings. The first kappa shape index (κ1) is 18.5. The van der Waals surface area contributed by atoms with Crippen molar-refractivity contribution in [3.05, 3.63) is 33.1 Å². The van der Waals surface area contributed by atoms with E-state index in [4.69, 9.17) is 9.84 Å². The van der Waals surface area contributed by atoms with E-state index in [0.717, 1.165) is 11.8 Å². The van der Waals surface area contributed by atoms with Crippen LogP contribution in [-0.2, 0) is 9.59 Å². The first-order valence-electron chi connectivity index (χ1n) is 7.24. The quantitative estimate of drug-likeness (QED) is 0.714. The molecule has 1 aliphatic heterocycles. The van der Waals surface area contributed by atoms with Crippen LogP contribution in [0.2, 0.25) is 0 Å². The monoisotopic (exact) mass is 413 g/mol. The largest absolute Gasteiger partial charge is 0.481 e. The van der Waals surface area contributed by atoms with E-state index in [-0.39, 0.29) is 17.2 Å². The number of halogens is 1. The molecule has 1 aliphatic rings. The van der Waals surface area contributed by atoms with E-state index in [1.807, 2.05) is 13.8 Å². The van der Waals surface area contributed by atoms with Gasteiger partial charge in [-0.2, -0.15) is 0 Å². The summed E-state index contributed by atoms with van der Waals surface area (Å²) in [6.45, 7) is 3.32. The summed E-state index contributed by atoms with van der Waals surface area (Å²) < 4.78 is 5.69. The molecule has 2 amide bonds. The van der Waals surface area contributed by atoms with Gasteiger partial charge in [0.05, 0.1) is 9.38 Å². The van der Waals surface area contributed by atoms with Crippen LogP contribution in [-0.4, -0.2) is 39.8 Å². The van der Waals surface area contributed by atoms with Crippen LogP contribution in [0.5, 0.6) is 5.75 Å². The molecular weight excluding hydrogens is 398 g/mol. The van der Waals surface area contributed by atoms with Crippen molar-refractivity contribution in [3.8, 4) is 5.75 Å². The number of amides is 2. The average molecular weight is 414 g/mol. The number of thioether (sulfide) groups is 1. The molecule has 128 valence electrons. The smallest absolute Gasteiger partial charge is 0.341 e. The van der Waals surface area contributed by atoms with Crippen LogP contribution in [0.3, 0.4) is 0 Å². The molecule has 1 atom stereocenters. The zero-order valence-electron chi connectivity index (χ0n) is 13.1. The number of hydrogen-bond acceptors (Lipinski definition) is 5. The Hall–Kier alpha value is -1.80. The van der Waals surface area contributed by atoms with E-state index in [2.05, 4.69) is 15.9 Å². The highest BCUT2D eigenvalue weighted by atomic mass is 79.9. The summed E-state index contributed by atoms with van der Waals surface area (Å²) in [6.07, 6.45) is 2.34. The predicted octanol–water partition coefficient (Wildman–Crippen LogP) is 3.75. The predicted molar refractivity (Wildman–Crippen MR) is 94.8 cm³/mol. The maximum atomic E-state index is 12.4. The normalized spacial score (nSPS) is 17.5. The van der Waals surface area contributed by atoms with Crippen molar-refractivity contribution in [1.29, 1.82) is 0 Å². The molecule has 0 spiro atoms. The molecule has 1 aromatic carbocycles. The third-order valence-corrected chi connectivity index (χ3v) is 4.96. The van der Waals surface area contributed by atoms with Crippen LogP contribution in [0, 0.1) is 0 Å². The molecule has 0 unspecified atom stereocenters. The summed E-state index contributed by atoms with van der Waals surface area (Å²) in [4.78, 5) is 36.5. The minimum atomic E-state index is -1.07. The summed E-state index contributed by atoms with van der Waals surface area (Å²) in [6, 6.07) is 4.87. The molecule has 6 nitrogen and oxygen atoms in total. The van der Waals surface area contributed by atoms with Crippen molar-refractivity contribution in [1.82, 2.24) is 4.90 Å². The number of carbonyl (C=O) groups excluding carboxylic acids is 2. The van der Waals surface area contributed by atoms with Crippen molar-refractivity contribution >= 4 is 50.9 Å². The van der Waals surface area contributed by atoms with Gasteiger partial charge in [-0.05, 0) is 64.8 Å². The first-order chi connectivity index (χ1) is 11.3. The fourth-order valence-corrected chi connectivity index (χ4v) is 3.50. The Morgan fingerprint density at radius 2 is 2.17 bits per heavy atom. The van der Waals surface area contributed by atoms with Crippen LogP contribution in [0.25, 0.3) is 6.08 Å². The Morgan fingerprint density at radius 3 is 2.75 bits per heavy atom. The van der Waals surface area contributed by atoms with E-state index >= 15 is 0 Å². The van der Waals surface area contributed by atoms with Gasteiger partial charge in [0, 0.05) is 6.04 Å². The van der Waals surface area contributed by atoms with E-state index in [0.29, 0.717) is 27.1 Å². The average Bonchev–Trinajstić information content (AvgIpc) is 2.79. The Labute approximate surface area is 152 Å².